The molecule has 3 aliphatic rings. The third-order valence-corrected chi connectivity index (χ3v) is 6.31. The van der Waals surface area contributed by atoms with E-state index in [-0.39, 0.29) is 5.91 Å². The van der Waals surface area contributed by atoms with Gasteiger partial charge in [-0.15, -0.1) is 0 Å². The average molecular weight is 341 g/mol. The maximum Gasteiger partial charge on any atom is 0.220 e. The number of carbonyl (C=O) groups excluding carboxylic acids is 1. The summed E-state index contributed by atoms with van der Waals surface area (Å²) in [6.07, 6.45) is 8.15. The van der Waals surface area contributed by atoms with Crippen molar-refractivity contribution in [2.45, 2.75) is 69.6 Å². The second-order valence-corrected chi connectivity index (χ2v) is 8.24. The Morgan fingerprint density at radius 2 is 1.88 bits per heavy atom. The van der Waals surface area contributed by atoms with E-state index in [1.807, 2.05) is 0 Å². The summed E-state index contributed by atoms with van der Waals surface area (Å²) in [5.41, 5.74) is 1.37. The lowest BCUT2D eigenvalue weighted by molar-refractivity contribution is -0.122. The van der Waals surface area contributed by atoms with E-state index < -0.39 is 0 Å². The van der Waals surface area contributed by atoms with E-state index in [0.717, 1.165) is 26.1 Å². The molecule has 0 aliphatic carbocycles. The molecule has 3 heterocycles. The molecular formula is C21H31N3O. The highest BCUT2D eigenvalue weighted by Crippen LogP contribution is 2.32. The third-order valence-electron chi connectivity index (χ3n) is 6.31. The first kappa shape index (κ1) is 17.0. The van der Waals surface area contributed by atoms with Crippen molar-refractivity contribution in [1.29, 1.82) is 0 Å². The predicted molar refractivity (Wildman–Crippen MR) is 100 cm³/mol. The van der Waals surface area contributed by atoms with E-state index in [9.17, 15) is 4.79 Å². The molecule has 3 saturated heterocycles. The Labute approximate surface area is 151 Å². The van der Waals surface area contributed by atoms with Gasteiger partial charge in [-0.25, -0.2) is 0 Å². The second kappa shape index (κ2) is 7.88. The van der Waals surface area contributed by atoms with Gasteiger partial charge in [0.25, 0.3) is 0 Å². The lowest BCUT2D eigenvalue weighted by Crippen LogP contribution is -2.42. The van der Waals surface area contributed by atoms with Gasteiger partial charge in [0.1, 0.15) is 0 Å². The first-order valence-corrected chi connectivity index (χ1v) is 10.1. The fourth-order valence-electron chi connectivity index (χ4n) is 5.06. The highest BCUT2D eigenvalue weighted by atomic mass is 16.1. The fraction of sp³-hybridized carbons (Fsp3) is 0.667. The molecule has 1 amide bonds. The number of hydrogen-bond donors (Lipinski definition) is 2. The maximum atomic E-state index is 12.4. The van der Waals surface area contributed by atoms with E-state index in [0.29, 0.717) is 24.0 Å². The van der Waals surface area contributed by atoms with Gasteiger partial charge in [0.05, 0.1) is 0 Å². The van der Waals surface area contributed by atoms with Crippen LogP contribution in [0.4, 0.5) is 0 Å². The molecule has 0 radical (unpaired) electrons. The third kappa shape index (κ3) is 4.42. The summed E-state index contributed by atoms with van der Waals surface area (Å²) in [5.74, 6) is 0.848. The van der Waals surface area contributed by atoms with Crippen molar-refractivity contribution < 1.29 is 4.79 Å². The summed E-state index contributed by atoms with van der Waals surface area (Å²) in [6.45, 7) is 2.95. The normalized spacial score (nSPS) is 32.0. The van der Waals surface area contributed by atoms with Crippen LogP contribution in [0.1, 0.15) is 50.5 Å². The molecule has 25 heavy (non-hydrogen) atoms. The average Bonchev–Trinajstić information content (AvgIpc) is 3.20. The number of rotatable bonds is 6. The fourth-order valence-corrected chi connectivity index (χ4v) is 5.06. The Bertz CT molecular complexity index is 564. The minimum absolute atomic E-state index is 0.262. The maximum absolute atomic E-state index is 12.4. The topological polar surface area (TPSA) is 44.4 Å². The lowest BCUT2D eigenvalue weighted by atomic mass is 9.89. The Balaban J connectivity index is 1.22. The largest absolute Gasteiger partial charge is 0.355 e. The van der Waals surface area contributed by atoms with E-state index >= 15 is 0 Å². The molecule has 2 N–H and O–H groups in total. The number of nitrogens with one attached hydrogen (secondary N) is 2. The molecule has 0 aromatic heterocycles. The quantitative estimate of drug-likeness (QED) is 0.836. The molecule has 1 aromatic carbocycles. The van der Waals surface area contributed by atoms with E-state index in [1.165, 1.54) is 44.1 Å². The van der Waals surface area contributed by atoms with Gasteiger partial charge in [-0.05, 0) is 56.6 Å². The molecule has 0 saturated carbocycles. The first-order chi connectivity index (χ1) is 12.3. The van der Waals surface area contributed by atoms with Gasteiger partial charge in [0.15, 0.2) is 0 Å². The lowest BCUT2D eigenvalue weighted by Gasteiger charge is -2.29. The van der Waals surface area contributed by atoms with Gasteiger partial charge >= 0.3 is 0 Å². The Morgan fingerprint density at radius 3 is 2.64 bits per heavy atom. The van der Waals surface area contributed by atoms with Gasteiger partial charge in [0.2, 0.25) is 5.91 Å². The van der Waals surface area contributed by atoms with Crippen LogP contribution >= 0.6 is 0 Å². The molecule has 4 heteroatoms. The molecule has 3 aliphatic heterocycles. The SMILES string of the molecule is O=C(CC1CC2CCC(C1)N2)NCC1CCCN1Cc1ccccc1. The van der Waals surface area contributed by atoms with E-state index in [2.05, 4.69) is 45.9 Å². The molecule has 3 fully saturated rings. The molecule has 4 nitrogen and oxygen atoms in total. The monoisotopic (exact) mass is 341 g/mol. The van der Waals surface area contributed by atoms with Gasteiger partial charge in [-0.2, -0.15) is 0 Å². The molecule has 136 valence electrons. The van der Waals surface area contributed by atoms with Crippen LogP contribution in [0.2, 0.25) is 0 Å². The summed E-state index contributed by atoms with van der Waals surface area (Å²) in [4.78, 5) is 14.9. The van der Waals surface area contributed by atoms with Crippen LogP contribution in [0, 0.1) is 5.92 Å². The van der Waals surface area contributed by atoms with Gasteiger partial charge < -0.3 is 10.6 Å². The van der Waals surface area contributed by atoms with Gasteiger partial charge in [-0.3, -0.25) is 9.69 Å². The summed E-state index contributed by atoms with van der Waals surface area (Å²) >= 11 is 0. The number of fused-ring (bicyclic) bond motifs is 2. The van der Waals surface area contributed by atoms with Crippen LogP contribution in [-0.2, 0) is 11.3 Å². The Morgan fingerprint density at radius 1 is 1.12 bits per heavy atom. The smallest absolute Gasteiger partial charge is 0.220 e. The molecule has 3 atom stereocenters. The van der Waals surface area contributed by atoms with Crippen molar-refractivity contribution >= 4 is 5.91 Å². The van der Waals surface area contributed by atoms with Crippen molar-refractivity contribution in [1.82, 2.24) is 15.5 Å². The number of carbonyl (C=O) groups is 1. The Kier molecular flexibility index (Phi) is 5.37. The number of nitrogens with zero attached hydrogens (tertiary/aromatic N) is 1. The molecule has 3 unspecified atom stereocenters. The summed E-state index contributed by atoms with van der Waals surface area (Å²) in [6, 6.07) is 12.5. The highest BCUT2D eigenvalue weighted by Gasteiger charge is 2.34. The molecule has 4 rings (SSSR count). The van der Waals surface area contributed by atoms with Crippen molar-refractivity contribution in [2.24, 2.45) is 5.92 Å². The Hall–Kier alpha value is -1.39. The molecule has 0 spiro atoms. The van der Waals surface area contributed by atoms with Crippen LogP contribution in [0.3, 0.4) is 0 Å². The van der Waals surface area contributed by atoms with Crippen molar-refractivity contribution in [2.75, 3.05) is 13.1 Å². The van der Waals surface area contributed by atoms with Crippen LogP contribution in [0.5, 0.6) is 0 Å². The van der Waals surface area contributed by atoms with Gasteiger partial charge in [0, 0.05) is 37.6 Å². The number of amides is 1. The first-order valence-electron chi connectivity index (χ1n) is 10.1. The summed E-state index contributed by atoms with van der Waals surface area (Å²) in [5, 5.41) is 6.90. The standard InChI is InChI=1S/C21H31N3O/c25-21(13-17-11-18-8-9-19(12-17)23-18)22-14-20-7-4-10-24(20)15-16-5-2-1-3-6-16/h1-3,5-6,17-20,23H,4,7-15H2,(H,22,25). The van der Waals surface area contributed by atoms with Gasteiger partial charge in [-0.1, -0.05) is 30.3 Å². The molecule has 1 aromatic rings. The zero-order valence-electron chi connectivity index (χ0n) is 15.1. The van der Waals surface area contributed by atoms with Crippen LogP contribution in [0.15, 0.2) is 30.3 Å². The van der Waals surface area contributed by atoms with Crippen molar-refractivity contribution in [3.05, 3.63) is 35.9 Å². The zero-order chi connectivity index (χ0) is 17.1. The van der Waals surface area contributed by atoms with Crippen LogP contribution in [0.25, 0.3) is 0 Å². The molecular weight excluding hydrogens is 310 g/mol. The summed E-state index contributed by atoms with van der Waals surface area (Å²) in [7, 11) is 0. The number of likely N-dealkylation sites (tertiary alicyclic amines) is 1. The highest BCUT2D eigenvalue weighted by molar-refractivity contribution is 5.76. The predicted octanol–water partition coefficient (Wildman–Crippen LogP) is 2.69. The van der Waals surface area contributed by atoms with Crippen LogP contribution < -0.4 is 10.6 Å². The summed E-state index contributed by atoms with van der Waals surface area (Å²) < 4.78 is 0. The minimum atomic E-state index is 0.262. The van der Waals surface area contributed by atoms with Crippen molar-refractivity contribution in [3.8, 4) is 0 Å². The molecule has 2 bridgehead atoms. The number of hydrogen-bond acceptors (Lipinski definition) is 3. The zero-order valence-corrected chi connectivity index (χ0v) is 15.1. The minimum Gasteiger partial charge on any atom is -0.355 e. The van der Waals surface area contributed by atoms with E-state index in [1.54, 1.807) is 0 Å². The van der Waals surface area contributed by atoms with Crippen molar-refractivity contribution in [3.63, 3.8) is 0 Å². The number of benzene rings is 1. The van der Waals surface area contributed by atoms with Crippen LogP contribution in [-0.4, -0.2) is 42.0 Å². The van der Waals surface area contributed by atoms with E-state index in [4.69, 9.17) is 0 Å². The second-order valence-electron chi connectivity index (χ2n) is 8.24. The number of piperidine rings is 1.